The van der Waals surface area contributed by atoms with Gasteiger partial charge in [-0.2, -0.15) is 0 Å². The molecule has 2 N–H and O–H groups in total. The molecule has 6 heteroatoms. The molecule has 0 bridgehead atoms. The van der Waals surface area contributed by atoms with E-state index in [1.165, 1.54) is 16.6 Å². The lowest BCUT2D eigenvalue weighted by Gasteiger charge is -2.45. The number of benzene rings is 2. The number of aromatic amines is 1. The van der Waals surface area contributed by atoms with Gasteiger partial charge in [0.2, 0.25) is 11.8 Å². The second-order valence-corrected chi connectivity index (χ2v) is 12.6. The number of hydrogen-bond donors (Lipinski definition) is 2. The number of carbonyl (C=O) groups is 2. The molecule has 0 radical (unpaired) electrons. The zero-order chi connectivity index (χ0) is 27.4. The van der Waals surface area contributed by atoms with Crippen LogP contribution < -0.4 is 10.1 Å². The number of aromatic nitrogens is 1. The van der Waals surface area contributed by atoms with Crippen LogP contribution in [-0.4, -0.2) is 40.4 Å². The molecule has 39 heavy (non-hydrogen) atoms. The average Bonchev–Trinajstić information content (AvgIpc) is 3.82. The Balaban J connectivity index is 1.27. The highest BCUT2D eigenvalue weighted by Gasteiger charge is 2.61. The summed E-state index contributed by atoms with van der Waals surface area (Å²) in [4.78, 5) is 34.0. The Morgan fingerprint density at radius 2 is 1.72 bits per heavy atom. The van der Waals surface area contributed by atoms with Gasteiger partial charge in [0.15, 0.2) is 0 Å². The van der Waals surface area contributed by atoms with Crippen molar-refractivity contribution in [1.82, 2.24) is 9.88 Å². The molecule has 3 saturated carbocycles. The van der Waals surface area contributed by atoms with Crippen LogP contribution >= 0.6 is 0 Å². The zero-order valence-corrected chi connectivity index (χ0v) is 23.7. The highest BCUT2D eigenvalue weighted by molar-refractivity contribution is 6.01. The van der Waals surface area contributed by atoms with Gasteiger partial charge >= 0.3 is 0 Å². The normalized spacial score (nSPS) is 23.3. The average molecular weight is 528 g/mol. The minimum atomic E-state index is -0.776. The van der Waals surface area contributed by atoms with Gasteiger partial charge in [0.25, 0.3) is 0 Å². The van der Waals surface area contributed by atoms with Crippen LogP contribution in [0.2, 0.25) is 0 Å². The number of aryl methyl sites for hydroxylation is 1. The molecular formula is C33H41N3O3. The van der Waals surface area contributed by atoms with Crippen molar-refractivity contribution in [2.24, 2.45) is 11.3 Å². The number of carbonyl (C=O) groups excluding carboxylic acids is 2. The monoisotopic (exact) mass is 527 g/mol. The maximum atomic E-state index is 14.3. The lowest BCUT2D eigenvalue weighted by atomic mass is 9.78. The smallest absolute Gasteiger partial charge is 0.250 e. The molecule has 3 aliphatic carbocycles. The molecule has 0 unspecified atom stereocenters. The number of para-hydroxylation sites is 1. The third-order valence-electron chi connectivity index (χ3n) is 9.79. The number of nitrogens with zero attached hydrogens (tertiary/aromatic N) is 1. The maximum absolute atomic E-state index is 14.3. The first-order chi connectivity index (χ1) is 18.8. The molecule has 0 aliphatic heterocycles. The van der Waals surface area contributed by atoms with E-state index in [1.807, 2.05) is 24.3 Å². The van der Waals surface area contributed by atoms with E-state index < -0.39 is 5.54 Å². The number of rotatable bonds is 8. The molecule has 206 valence electrons. The maximum Gasteiger partial charge on any atom is 0.250 e. The van der Waals surface area contributed by atoms with Crippen LogP contribution in [0.4, 0.5) is 5.69 Å². The zero-order valence-electron chi connectivity index (χ0n) is 23.7. The number of anilines is 1. The summed E-state index contributed by atoms with van der Waals surface area (Å²) in [5.74, 6) is 1.46. The van der Waals surface area contributed by atoms with Crippen molar-refractivity contribution in [3.05, 3.63) is 59.8 Å². The lowest BCUT2D eigenvalue weighted by molar-refractivity contribution is -0.149. The van der Waals surface area contributed by atoms with Crippen LogP contribution in [0, 0.1) is 18.3 Å². The van der Waals surface area contributed by atoms with Crippen LogP contribution in [0.15, 0.2) is 48.5 Å². The summed E-state index contributed by atoms with van der Waals surface area (Å²) in [5.41, 5.74) is 3.72. The highest BCUT2D eigenvalue weighted by Crippen LogP contribution is 2.67. The van der Waals surface area contributed by atoms with E-state index in [9.17, 15) is 9.59 Å². The summed E-state index contributed by atoms with van der Waals surface area (Å²) in [7, 11) is 1.63. The van der Waals surface area contributed by atoms with Crippen molar-refractivity contribution in [2.75, 3.05) is 12.4 Å². The Hall–Kier alpha value is -3.28. The van der Waals surface area contributed by atoms with E-state index in [0.29, 0.717) is 12.3 Å². The van der Waals surface area contributed by atoms with Gasteiger partial charge in [-0.3, -0.25) is 9.59 Å². The van der Waals surface area contributed by atoms with Gasteiger partial charge in [-0.25, -0.2) is 0 Å². The van der Waals surface area contributed by atoms with Crippen LogP contribution in [0.5, 0.6) is 5.75 Å². The van der Waals surface area contributed by atoms with Crippen molar-refractivity contribution >= 4 is 28.4 Å². The van der Waals surface area contributed by atoms with E-state index in [4.69, 9.17) is 4.74 Å². The number of nitrogens with one attached hydrogen (secondary N) is 2. The minimum Gasteiger partial charge on any atom is -0.497 e. The van der Waals surface area contributed by atoms with Crippen LogP contribution in [0.3, 0.4) is 0 Å². The van der Waals surface area contributed by atoms with Crippen molar-refractivity contribution < 1.29 is 14.3 Å². The van der Waals surface area contributed by atoms with Crippen LogP contribution in [0.25, 0.3) is 10.9 Å². The SMILES string of the molecule is COc1ccc(NC(=O)C2(N(C(=O)C[C@H]3[C@H](c4c(C)[nH]c5ccccc45)C3(C)C)C3CC3)CCCCC2)cc1. The topological polar surface area (TPSA) is 74.4 Å². The Kier molecular flexibility index (Phi) is 6.47. The van der Waals surface area contributed by atoms with Gasteiger partial charge in [0, 0.05) is 34.7 Å². The van der Waals surface area contributed by atoms with Gasteiger partial charge in [-0.15, -0.1) is 0 Å². The Morgan fingerprint density at radius 1 is 1.03 bits per heavy atom. The van der Waals surface area contributed by atoms with E-state index >= 15 is 0 Å². The summed E-state index contributed by atoms with van der Waals surface area (Å²) < 4.78 is 5.28. The van der Waals surface area contributed by atoms with E-state index in [-0.39, 0.29) is 29.2 Å². The highest BCUT2D eigenvalue weighted by atomic mass is 16.5. The Morgan fingerprint density at radius 3 is 2.38 bits per heavy atom. The van der Waals surface area contributed by atoms with E-state index in [1.54, 1.807) is 7.11 Å². The third-order valence-corrected chi connectivity index (χ3v) is 9.79. The molecule has 3 aliphatic rings. The third kappa shape index (κ3) is 4.52. The van der Waals surface area contributed by atoms with Crippen LogP contribution in [0.1, 0.15) is 82.4 Å². The number of fused-ring (bicyclic) bond motifs is 1. The lowest BCUT2D eigenvalue weighted by Crippen LogP contribution is -2.61. The summed E-state index contributed by atoms with van der Waals surface area (Å²) in [6, 6.07) is 16.1. The van der Waals surface area contributed by atoms with Gasteiger partial charge in [-0.05, 0) is 85.8 Å². The first-order valence-corrected chi connectivity index (χ1v) is 14.6. The first kappa shape index (κ1) is 26.0. The fraction of sp³-hybridized carbons (Fsp3) is 0.515. The molecule has 0 saturated heterocycles. The number of methoxy groups -OCH3 is 1. The summed E-state index contributed by atoms with van der Waals surface area (Å²) in [6.07, 6.45) is 6.99. The molecule has 3 fully saturated rings. The molecule has 1 aromatic heterocycles. The predicted octanol–water partition coefficient (Wildman–Crippen LogP) is 6.95. The molecule has 1 heterocycles. The fourth-order valence-corrected chi connectivity index (χ4v) is 7.44. The molecule has 6 rings (SSSR count). The van der Waals surface area contributed by atoms with Crippen LogP contribution in [-0.2, 0) is 9.59 Å². The van der Waals surface area contributed by atoms with Gasteiger partial charge in [0.1, 0.15) is 11.3 Å². The number of hydrogen-bond acceptors (Lipinski definition) is 3. The van der Waals surface area contributed by atoms with E-state index in [0.717, 1.165) is 61.9 Å². The standard InChI is InChI=1S/C33H41N3O3/c1-21-29(25-10-6-7-11-27(25)34-21)30-26(32(30,2)3)20-28(37)36(23-14-15-23)33(18-8-5-9-19-33)31(38)35-22-12-16-24(39-4)17-13-22/h6-7,10-13,16-17,23,26,30,34H,5,8-9,14-15,18-20H2,1-4H3,(H,35,38)/t26-,30+/m0/s1. The molecule has 2 amide bonds. The summed E-state index contributed by atoms with van der Waals surface area (Å²) >= 11 is 0. The molecule has 6 nitrogen and oxygen atoms in total. The second kappa shape index (κ2) is 9.72. The number of H-pyrrole nitrogens is 1. The molecular weight excluding hydrogens is 486 g/mol. The quantitative estimate of drug-likeness (QED) is 0.333. The number of amides is 2. The molecule has 3 aromatic rings. The molecule has 0 spiro atoms. The predicted molar refractivity (Wildman–Crippen MR) is 155 cm³/mol. The first-order valence-electron chi connectivity index (χ1n) is 14.6. The minimum absolute atomic E-state index is 0.0334. The van der Waals surface area contributed by atoms with Gasteiger partial charge in [-0.1, -0.05) is 51.3 Å². The summed E-state index contributed by atoms with van der Waals surface area (Å²) in [6.45, 7) is 6.75. The number of ether oxygens (including phenoxy) is 1. The summed E-state index contributed by atoms with van der Waals surface area (Å²) in [5, 5.41) is 4.44. The van der Waals surface area contributed by atoms with Gasteiger partial charge in [0.05, 0.1) is 7.11 Å². The van der Waals surface area contributed by atoms with Crippen molar-refractivity contribution in [2.45, 2.75) is 89.6 Å². The molecule has 2 aromatic carbocycles. The largest absolute Gasteiger partial charge is 0.497 e. The Labute approximate surface area is 231 Å². The van der Waals surface area contributed by atoms with Crippen molar-refractivity contribution in [1.29, 1.82) is 0 Å². The van der Waals surface area contributed by atoms with Gasteiger partial charge < -0.3 is 19.9 Å². The van der Waals surface area contributed by atoms with E-state index in [2.05, 4.69) is 60.2 Å². The fourth-order valence-electron chi connectivity index (χ4n) is 7.44. The van der Waals surface area contributed by atoms with Crippen molar-refractivity contribution in [3.63, 3.8) is 0 Å². The second-order valence-electron chi connectivity index (χ2n) is 12.6. The molecule has 2 atom stereocenters. The Bertz CT molecular complexity index is 1380. The van der Waals surface area contributed by atoms with Crippen molar-refractivity contribution in [3.8, 4) is 5.75 Å².